The predicted octanol–water partition coefficient (Wildman–Crippen LogP) is 1.98. The zero-order valence-electron chi connectivity index (χ0n) is 9.29. The molecule has 0 spiro atoms. The van der Waals surface area contributed by atoms with Gasteiger partial charge >= 0.3 is 6.03 Å². The van der Waals surface area contributed by atoms with Crippen molar-refractivity contribution in [1.82, 2.24) is 5.32 Å². The lowest BCUT2D eigenvalue weighted by atomic mass is 10.3. The van der Waals surface area contributed by atoms with Gasteiger partial charge in [-0.1, -0.05) is 0 Å². The largest absolute Gasteiger partial charge is 0.383 e. The van der Waals surface area contributed by atoms with E-state index in [2.05, 4.69) is 10.6 Å². The van der Waals surface area contributed by atoms with Crippen molar-refractivity contribution < 1.29 is 13.9 Å². The van der Waals surface area contributed by atoms with E-state index in [0.717, 1.165) is 0 Å². The standard InChI is InChI=1S/C11H15FN2O2/c1-8(7-16-2)13-11(15)14-10-5-3-9(12)4-6-10/h3-6,8H,7H2,1-2H3,(H2,13,14,15)/t8-/m0/s1. The molecule has 0 aliphatic rings. The third-order valence-electron chi connectivity index (χ3n) is 1.90. The summed E-state index contributed by atoms with van der Waals surface area (Å²) in [7, 11) is 1.57. The van der Waals surface area contributed by atoms with E-state index in [4.69, 9.17) is 4.74 Å². The average Bonchev–Trinajstić information content (AvgIpc) is 2.21. The minimum absolute atomic E-state index is 0.0783. The van der Waals surface area contributed by atoms with Gasteiger partial charge in [-0.3, -0.25) is 0 Å². The molecule has 16 heavy (non-hydrogen) atoms. The molecule has 2 N–H and O–H groups in total. The van der Waals surface area contributed by atoms with Crippen LogP contribution in [0.25, 0.3) is 0 Å². The van der Waals surface area contributed by atoms with Crippen molar-refractivity contribution in [3.05, 3.63) is 30.1 Å². The molecule has 1 atom stereocenters. The number of hydrogen-bond donors (Lipinski definition) is 2. The van der Waals surface area contributed by atoms with Gasteiger partial charge in [-0.05, 0) is 31.2 Å². The van der Waals surface area contributed by atoms with Crippen molar-refractivity contribution in [3.8, 4) is 0 Å². The summed E-state index contributed by atoms with van der Waals surface area (Å²) in [6.45, 7) is 2.27. The van der Waals surface area contributed by atoms with Crippen molar-refractivity contribution in [2.75, 3.05) is 19.0 Å². The Labute approximate surface area is 93.8 Å². The molecule has 2 amide bonds. The Balaban J connectivity index is 2.42. The fourth-order valence-corrected chi connectivity index (χ4v) is 1.22. The molecule has 0 bridgehead atoms. The lowest BCUT2D eigenvalue weighted by Crippen LogP contribution is -2.38. The van der Waals surface area contributed by atoms with Crippen LogP contribution in [0.4, 0.5) is 14.9 Å². The highest BCUT2D eigenvalue weighted by atomic mass is 19.1. The number of amides is 2. The number of anilines is 1. The molecular weight excluding hydrogens is 211 g/mol. The third kappa shape index (κ3) is 4.27. The summed E-state index contributed by atoms with van der Waals surface area (Å²) < 4.78 is 17.5. The average molecular weight is 226 g/mol. The van der Waals surface area contributed by atoms with Crippen LogP contribution in [0.2, 0.25) is 0 Å². The van der Waals surface area contributed by atoms with Gasteiger partial charge in [-0.2, -0.15) is 0 Å². The highest BCUT2D eigenvalue weighted by Crippen LogP contribution is 2.07. The Morgan fingerprint density at radius 1 is 1.44 bits per heavy atom. The summed E-state index contributed by atoms with van der Waals surface area (Å²) in [5.74, 6) is -0.335. The van der Waals surface area contributed by atoms with Gasteiger partial charge in [0.1, 0.15) is 5.82 Å². The number of halogens is 1. The molecule has 1 aromatic rings. The van der Waals surface area contributed by atoms with E-state index < -0.39 is 0 Å². The fourth-order valence-electron chi connectivity index (χ4n) is 1.22. The molecule has 0 aromatic heterocycles. The van der Waals surface area contributed by atoms with Gasteiger partial charge in [0.25, 0.3) is 0 Å². The first-order chi connectivity index (χ1) is 7.61. The molecule has 5 heteroatoms. The van der Waals surface area contributed by atoms with Gasteiger partial charge in [0.2, 0.25) is 0 Å². The van der Waals surface area contributed by atoms with E-state index in [1.807, 2.05) is 6.92 Å². The number of carbonyl (C=O) groups excluding carboxylic acids is 1. The summed E-state index contributed by atoms with van der Waals surface area (Å²) in [5, 5.41) is 5.26. The quantitative estimate of drug-likeness (QED) is 0.824. The first-order valence-electron chi connectivity index (χ1n) is 4.94. The van der Waals surface area contributed by atoms with E-state index in [-0.39, 0.29) is 17.9 Å². The third-order valence-corrected chi connectivity index (χ3v) is 1.90. The van der Waals surface area contributed by atoms with Crippen LogP contribution in [0.15, 0.2) is 24.3 Å². The second kappa shape index (κ2) is 6.07. The summed E-state index contributed by atoms with van der Waals surface area (Å²) in [5.41, 5.74) is 0.545. The smallest absolute Gasteiger partial charge is 0.319 e. The summed E-state index contributed by atoms with van der Waals surface area (Å²) in [6.07, 6.45) is 0. The molecule has 1 aromatic carbocycles. The normalized spacial score (nSPS) is 11.9. The van der Waals surface area contributed by atoms with Crippen LogP contribution in [0, 0.1) is 5.82 Å². The summed E-state index contributed by atoms with van der Waals surface area (Å²) >= 11 is 0. The second-order valence-electron chi connectivity index (χ2n) is 3.46. The molecule has 0 aliphatic carbocycles. The molecule has 0 fully saturated rings. The fraction of sp³-hybridized carbons (Fsp3) is 0.364. The van der Waals surface area contributed by atoms with Gasteiger partial charge in [0, 0.05) is 12.8 Å². The zero-order chi connectivity index (χ0) is 12.0. The van der Waals surface area contributed by atoms with Crippen molar-refractivity contribution in [2.45, 2.75) is 13.0 Å². The van der Waals surface area contributed by atoms with E-state index in [1.54, 1.807) is 7.11 Å². The van der Waals surface area contributed by atoms with Crippen molar-refractivity contribution >= 4 is 11.7 Å². The SMILES string of the molecule is COC[C@H](C)NC(=O)Nc1ccc(F)cc1. The molecule has 4 nitrogen and oxygen atoms in total. The van der Waals surface area contributed by atoms with E-state index >= 15 is 0 Å². The molecule has 0 radical (unpaired) electrons. The van der Waals surface area contributed by atoms with E-state index in [0.29, 0.717) is 12.3 Å². The minimum Gasteiger partial charge on any atom is -0.383 e. The molecule has 0 aliphatic heterocycles. The predicted molar refractivity (Wildman–Crippen MR) is 59.9 cm³/mol. The van der Waals surface area contributed by atoms with Gasteiger partial charge in [-0.15, -0.1) is 0 Å². The Hall–Kier alpha value is -1.62. The Kier molecular flexibility index (Phi) is 4.72. The second-order valence-corrected chi connectivity index (χ2v) is 3.46. The Bertz CT molecular complexity index is 340. The van der Waals surface area contributed by atoms with Crippen LogP contribution < -0.4 is 10.6 Å². The summed E-state index contributed by atoms with van der Waals surface area (Å²) in [6, 6.07) is 5.15. The molecule has 0 saturated heterocycles. The number of methoxy groups -OCH3 is 1. The number of rotatable bonds is 4. The van der Waals surface area contributed by atoms with Gasteiger partial charge in [-0.25, -0.2) is 9.18 Å². The van der Waals surface area contributed by atoms with Crippen LogP contribution in [-0.2, 0) is 4.74 Å². The first-order valence-corrected chi connectivity index (χ1v) is 4.94. The molecule has 0 heterocycles. The lowest BCUT2D eigenvalue weighted by Gasteiger charge is -2.13. The van der Waals surface area contributed by atoms with E-state index in [1.165, 1.54) is 24.3 Å². The number of ether oxygens (including phenoxy) is 1. The first kappa shape index (κ1) is 12.4. The van der Waals surface area contributed by atoms with Crippen LogP contribution >= 0.6 is 0 Å². The number of urea groups is 1. The molecular formula is C11H15FN2O2. The highest BCUT2D eigenvalue weighted by Gasteiger charge is 2.06. The molecule has 88 valence electrons. The van der Waals surface area contributed by atoms with E-state index in [9.17, 15) is 9.18 Å². The maximum Gasteiger partial charge on any atom is 0.319 e. The van der Waals surface area contributed by atoms with Crippen molar-refractivity contribution in [3.63, 3.8) is 0 Å². The highest BCUT2D eigenvalue weighted by molar-refractivity contribution is 5.89. The maximum absolute atomic E-state index is 12.6. The Morgan fingerprint density at radius 2 is 2.06 bits per heavy atom. The van der Waals surface area contributed by atoms with Gasteiger partial charge in [0.15, 0.2) is 0 Å². The number of nitrogens with one attached hydrogen (secondary N) is 2. The zero-order valence-corrected chi connectivity index (χ0v) is 9.29. The van der Waals surface area contributed by atoms with Gasteiger partial charge in [0.05, 0.1) is 12.6 Å². The number of benzene rings is 1. The molecule has 1 rings (SSSR count). The molecule has 0 unspecified atom stereocenters. The molecule has 0 saturated carbocycles. The topological polar surface area (TPSA) is 50.4 Å². The number of hydrogen-bond acceptors (Lipinski definition) is 2. The Morgan fingerprint density at radius 3 is 2.62 bits per heavy atom. The van der Waals surface area contributed by atoms with Crippen LogP contribution in [0.3, 0.4) is 0 Å². The van der Waals surface area contributed by atoms with Crippen molar-refractivity contribution in [2.24, 2.45) is 0 Å². The number of carbonyl (C=O) groups is 1. The van der Waals surface area contributed by atoms with Crippen molar-refractivity contribution in [1.29, 1.82) is 0 Å². The minimum atomic E-state index is -0.337. The monoisotopic (exact) mass is 226 g/mol. The maximum atomic E-state index is 12.6. The van der Waals surface area contributed by atoms with Crippen LogP contribution in [0.5, 0.6) is 0 Å². The lowest BCUT2D eigenvalue weighted by molar-refractivity contribution is 0.173. The van der Waals surface area contributed by atoms with Gasteiger partial charge < -0.3 is 15.4 Å². The van der Waals surface area contributed by atoms with Crippen LogP contribution in [0.1, 0.15) is 6.92 Å². The summed E-state index contributed by atoms with van der Waals surface area (Å²) in [4.78, 5) is 11.4. The van der Waals surface area contributed by atoms with Crippen LogP contribution in [-0.4, -0.2) is 25.8 Å².